The summed E-state index contributed by atoms with van der Waals surface area (Å²) in [6.07, 6.45) is 6.56. The Morgan fingerprint density at radius 1 is 1.31 bits per heavy atom. The summed E-state index contributed by atoms with van der Waals surface area (Å²) < 4.78 is 7.67. The van der Waals surface area contributed by atoms with Gasteiger partial charge in [-0.1, -0.05) is 32.9 Å². The van der Waals surface area contributed by atoms with E-state index in [0.717, 1.165) is 25.1 Å². The third kappa shape index (κ3) is 5.58. The van der Waals surface area contributed by atoms with Gasteiger partial charge in [0.05, 0.1) is 18.5 Å². The summed E-state index contributed by atoms with van der Waals surface area (Å²) >= 11 is 0. The normalized spacial score (nSPS) is 21.0. The zero-order chi connectivity index (χ0) is 21.0. The largest absolute Gasteiger partial charge is 0.483 e. The average molecular weight is 401 g/mol. The minimum atomic E-state index is -0.489. The van der Waals surface area contributed by atoms with Crippen molar-refractivity contribution in [3.05, 3.63) is 48.0 Å². The first-order chi connectivity index (χ1) is 13.7. The van der Waals surface area contributed by atoms with Gasteiger partial charge in [0, 0.05) is 37.6 Å². The molecular weight excluding hydrogens is 368 g/mol. The maximum absolute atomic E-state index is 11.2. The number of aliphatic hydroxyl groups is 1. The molecule has 1 aromatic carbocycles. The minimum absolute atomic E-state index is 0.0124. The Morgan fingerprint density at radius 2 is 2.07 bits per heavy atom. The third-order valence-corrected chi connectivity index (χ3v) is 5.52. The molecule has 1 fully saturated rings. The number of likely N-dealkylation sites (tertiary alicyclic amines) is 1. The molecule has 0 aliphatic carbocycles. The van der Waals surface area contributed by atoms with Crippen molar-refractivity contribution in [3.8, 4) is 5.75 Å². The SMILES string of the molecule is CC(C)(C)c1ccc(OCC(N)=O)c(CN2CC[C@H](O)[C@@H](n3ccnc3)CC2)c1. The second kappa shape index (κ2) is 8.97. The Hall–Kier alpha value is -2.38. The van der Waals surface area contributed by atoms with Gasteiger partial charge in [0.25, 0.3) is 5.91 Å². The van der Waals surface area contributed by atoms with Gasteiger partial charge >= 0.3 is 0 Å². The highest BCUT2D eigenvalue weighted by Gasteiger charge is 2.26. The van der Waals surface area contributed by atoms with Crippen LogP contribution in [0.5, 0.6) is 5.75 Å². The fourth-order valence-corrected chi connectivity index (χ4v) is 3.80. The van der Waals surface area contributed by atoms with Gasteiger partial charge in [-0.3, -0.25) is 9.69 Å². The van der Waals surface area contributed by atoms with Crippen molar-refractivity contribution in [1.29, 1.82) is 0 Å². The molecule has 1 amide bonds. The summed E-state index contributed by atoms with van der Waals surface area (Å²) in [7, 11) is 0. The highest BCUT2D eigenvalue weighted by Crippen LogP contribution is 2.30. The van der Waals surface area contributed by atoms with Crippen molar-refractivity contribution < 1.29 is 14.6 Å². The molecule has 7 heteroatoms. The summed E-state index contributed by atoms with van der Waals surface area (Å²) in [6.45, 7) is 8.73. The van der Waals surface area contributed by atoms with Crippen molar-refractivity contribution in [2.24, 2.45) is 5.73 Å². The summed E-state index contributed by atoms with van der Waals surface area (Å²) in [6, 6.07) is 6.17. The standard InChI is InChI=1S/C22H32N4O3/c1-22(2,3)17-4-5-20(29-14-21(23)28)16(12-17)13-25-9-6-18(19(27)7-10-25)26-11-8-24-15-26/h4-5,8,11-12,15,18-19,27H,6-7,9-10,13-14H2,1-3H3,(H2,23,28)/t18-,19-/m0/s1. The predicted molar refractivity (Wildman–Crippen MR) is 112 cm³/mol. The van der Waals surface area contributed by atoms with E-state index in [0.29, 0.717) is 18.7 Å². The first-order valence-electron chi connectivity index (χ1n) is 10.2. The van der Waals surface area contributed by atoms with Gasteiger partial charge in [0.15, 0.2) is 6.61 Å². The molecule has 0 unspecified atom stereocenters. The number of carbonyl (C=O) groups excluding carboxylic acids is 1. The van der Waals surface area contributed by atoms with E-state index in [9.17, 15) is 9.90 Å². The summed E-state index contributed by atoms with van der Waals surface area (Å²) in [5.74, 6) is 0.199. The number of rotatable bonds is 6. The molecule has 2 atom stereocenters. The molecule has 3 N–H and O–H groups in total. The number of hydrogen-bond donors (Lipinski definition) is 2. The number of nitrogens with zero attached hydrogens (tertiary/aromatic N) is 3. The number of benzene rings is 1. The molecular formula is C22H32N4O3. The number of aromatic nitrogens is 2. The molecule has 1 aliphatic rings. The molecule has 7 nitrogen and oxygen atoms in total. The quantitative estimate of drug-likeness (QED) is 0.776. The second-order valence-electron chi connectivity index (χ2n) is 8.83. The molecule has 29 heavy (non-hydrogen) atoms. The van der Waals surface area contributed by atoms with Gasteiger partial charge in [-0.15, -0.1) is 0 Å². The lowest BCUT2D eigenvalue weighted by Crippen LogP contribution is -2.26. The van der Waals surface area contributed by atoms with Crippen LogP contribution < -0.4 is 10.5 Å². The van der Waals surface area contributed by atoms with E-state index >= 15 is 0 Å². The van der Waals surface area contributed by atoms with E-state index in [-0.39, 0.29) is 18.1 Å². The number of carbonyl (C=O) groups is 1. The number of primary amides is 1. The molecule has 1 saturated heterocycles. The van der Waals surface area contributed by atoms with Crippen LogP contribution >= 0.6 is 0 Å². The van der Waals surface area contributed by atoms with Crippen LogP contribution in [-0.4, -0.2) is 51.3 Å². The van der Waals surface area contributed by atoms with E-state index in [1.807, 2.05) is 22.9 Å². The lowest BCUT2D eigenvalue weighted by molar-refractivity contribution is -0.119. The molecule has 2 heterocycles. The second-order valence-corrected chi connectivity index (χ2v) is 8.83. The zero-order valence-corrected chi connectivity index (χ0v) is 17.5. The monoisotopic (exact) mass is 400 g/mol. The van der Waals surface area contributed by atoms with Crippen molar-refractivity contribution >= 4 is 5.91 Å². The number of hydrogen-bond acceptors (Lipinski definition) is 5. The molecule has 2 aromatic rings. The van der Waals surface area contributed by atoms with Crippen LogP contribution in [0.3, 0.4) is 0 Å². The number of imidazole rings is 1. The van der Waals surface area contributed by atoms with Crippen LogP contribution in [0.25, 0.3) is 0 Å². The molecule has 1 aliphatic heterocycles. The van der Waals surface area contributed by atoms with Gasteiger partial charge in [-0.25, -0.2) is 4.98 Å². The maximum Gasteiger partial charge on any atom is 0.255 e. The van der Waals surface area contributed by atoms with E-state index in [2.05, 4.69) is 36.7 Å². The number of nitrogens with two attached hydrogens (primary N) is 1. The smallest absolute Gasteiger partial charge is 0.255 e. The Morgan fingerprint density at radius 3 is 2.72 bits per heavy atom. The summed E-state index contributed by atoms with van der Waals surface area (Å²) in [4.78, 5) is 17.6. The first-order valence-corrected chi connectivity index (χ1v) is 10.2. The van der Waals surface area contributed by atoms with Crippen molar-refractivity contribution in [1.82, 2.24) is 14.5 Å². The number of ether oxygens (including phenoxy) is 1. The highest BCUT2D eigenvalue weighted by atomic mass is 16.5. The molecule has 0 spiro atoms. The minimum Gasteiger partial charge on any atom is -0.483 e. The molecule has 158 valence electrons. The fourth-order valence-electron chi connectivity index (χ4n) is 3.80. The van der Waals surface area contributed by atoms with Gasteiger partial charge < -0.3 is 20.1 Å². The average Bonchev–Trinajstić information content (AvgIpc) is 3.12. The molecule has 0 bridgehead atoms. The van der Waals surface area contributed by atoms with E-state index in [1.165, 1.54) is 5.56 Å². The van der Waals surface area contributed by atoms with Crippen LogP contribution in [0.1, 0.15) is 50.8 Å². The summed E-state index contributed by atoms with van der Waals surface area (Å²) in [5, 5.41) is 10.6. The maximum atomic E-state index is 11.2. The third-order valence-electron chi connectivity index (χ3n) is 5.52. The van der Waals surface area contributed by atoms with Gasteiger partial charge in [0.1, 0.15) is 5.75 Å². The number of aliphatic hydroxyl groups excluding tert-OH is 1. The van der Waals surface area contributed by atoms with Crippen LogP contribution in [-0.2, 0) is 16.8 Å². The van der Waals surface area contributed by atoms with E-state index in [4.69, 9.17) is 10.5 Å². The molecule has 0 radical (unpaired) electrons. The molecule has 3 rings (SSSR count). The highest BCUT2D eigenvalue weighted by molar-refractivity contribution is 5.75. The van der Waals surface area contributed by atoms with Gasteiger partial charge in [-0.05, 0) is 29.9 Å². The first kappa shape index (κ1) is 21.3. The predicted octanol–water partition coefficient (Wildman–Crippen LogP) is 2.24. The lowest BCUT2D eigenvalue weighted by atomic mass is 9.86. The fraction of sp³-hybridized carbons (Fsp3) is 0.545. The van der Waals surface area contributed by atoms with Crippen LogP contribution in [0, 0.1) is 0 Å². The van der Waals surface area contributed by atoms with E-state index in [1.54, 1.807) is 12.5 Å². The Labute approximate surface area is 172 Å². The topological polar surface area (TPSA) is 93.6 Å². The lowest BCUT2D eigenvalue weighted by Gasteiger charge is -2.25. The molecule has 0 saturated carbocycles. The van der Waals surface area contributed by atoms with Crippen LogP contribution in [0.15, 0.2) is 36.9 Å². The van der Waals surface area contributed by atoms with Crippen molar-refractivity contribution in [2.75, 3.05) is 19.7 Å². The Kier molecular flexibility index (Phi) is 6.59. The Bertz CT molecular complexity index is 814. The number of amides is 1. The van der Waals surface area contributed by atoms with Crippen molar-refractivity contribution in [2.45, 2.75) is 57.7 Å². The van der Waals surface area contributed by atoms with Crippen molar-refractivity contribution in [3.63, 3.8) is 0 Å². The zero-order valence-electron chi connectivity index (χ0n) is 17.5. The van der Waals surface area contributed by atoms with Gasteiger partial charge in [0.2, 0.25) is 0 Å². The van der Waals surface area contributed by atoms with Crippen LogP contribution in [0.2, 0.25) is 0 Å². The van der Waals surface area contributed by atoms with Crippen LogP contribution in [0.4, 0.5) is 0 Å². The summed E-state index contributed by atoms with van der Waals surface area (Å²) in [5.41, 5.74) is 7.52. The van der Waals surface area contributed by atoms with E-state index < -0.39 is 12.0 Å². The van der Waals surface area contributed by atoms with Gasteiger partial charge in [-0.2, -0.15) is 0 Å². The Balaban J connectivity index is 1.77. The molecule has 1 aromatic heterocycles.